The molecule has 120 valence electrons. The van der Waals surface area contributed by atoms with Gasteiger partial charge in [-0.25, -0.2) is 0 Å². The average molecular weight is 305 g/mol. The van der Waals surface area contributed by atoms with Crippen LogP contribution in [0.3, 0.4) is 0 Å². The first-order valence-electron chi connectivity index (χ1n) is 8.51. The number of amides is 1. The SMILES string of the molecule is O=C(C1CC1)N1CCCC(c2nc(C3CCOCC3)no2)C1. The van der Waals surface area contributed by atoms with Gasteiger partial charge in [-0.05, 0) is 38.5 Å². The van der Waals surface area contributed by atoms with E-state index in [1.807, 2.05) is 4.90 Å². The fourth-order valence-electron chi connectivity index (χ4n) is 3.50. The standard InChI is InChI=1S/C16H23N3O3/c20-16(12-3-4-12)19-7-1-2-13(10-19)15-17-14(18-22-15)11-5-8-21-9-6-11/h11-13H,1-10H2. The third-order valence-electron chi connectivity index (χ3n) is 5.05. The summed E-state index contributed by atoms with van der Waals surface area (Å²) in [6.07, 6.45) is 6.12. The number of piperidine rings is 1. The van der Waals surface area contributed by atoms with E-state index >= 15 is 0 Å². The van der Waals surface area contributed by atoms with E-state index in [4.69, 9.17) is 9.26 Å². The maximum absolute atomic E-state index is 12.2. The second kappa shape index (κ2) is 5.99. The van der Waals surface area contributed by atoms with Gasteiger partial charge in [0.25, 0.3) is 0 Å². The molecule has 1 unspecified atom stereocenters. The highest BCUT2D eigenvalue weighted by atomic mass is 16.5. The summed E-state index contributed by atoms with van der Waals surface area (Å²) in [6.45, 7) is 3.18. The molecule has 1 aromatic rings. The Labute approximate surface area is 130 Å². The van der Waals surface area contributed by atoms with E-state index in [1.165, 1.54) is 0 Å². The van der Waals surface area contributed by atoms with Crippen LogP contribution >= 0.6 is 0 Å². The molecule has 2 aliphatic heterocycles. The van der Waals surface area contributed by atoms with Crippen molar-refractivity contribution in [1.29, 1.82) is 0 Å². The van der Waals surface area contributed by atoms with Crippen LogP contribution in [0, 0.1) is 5.92 Å². The molecule has 0 bridgehead atoms. The molecular formula is C16H23N3O3. The van der Waals surface area contributed by atoms with Crippen molar-refractivity contribution in [2.75, 3.05) is 26.3 Å². The predicted octanol–water partition coefficient (Wildman–Crippen LogP) is 2.08. The molecule has 0 N–H and O–H groups in total. The number of hydrogen-bond acceptors (Lipinski definition) is 5. The molecule has 22 heavy (non-hydrogen) atoms. The fourth-order valence-corrected chi connectivity index (χ4v) is 3.50. The summed E-state index contributed by atoms with van der Waals surface area (Å²) in [5.41, 5.74) is 0. The fraction of sp³-hybridized carbons (Fsp3) is 0.812. The van der Waals surface area contributed by atoms with Crippen molar-refractivity contribution in [1.82, 2.24) is 15.0 Å². The van der Waals surface area contributed by atoms with Crippen LogP contribution in [0.1, 0.15) is 62.1 Å². The lowest BCUT2D eigenvalue weighted by Gasteiger charge is -2.31. The van der Waals surface area contributed by atoms with Gasteiger partial charge in [-0.15, -0.1) is 0 Å². The van der Waals surface area contributed by atoms with E-state index < -0.39 is 0 Å². The Balaban J connectivity index is 1.42. The van der Waals surface area contributed by atoms with Crippen LogP contribution in [0.4, 0.5) is 0 Å². The Morgan fingerprint density at radius 1 is 1.09 bits per heavy atom. The zero-order valence-electron chi connectivity index (χ0n) is 12.9. The molecule has 3 heterocycles. The Morgan fingerprint density at radius 2 is 1.91 bits per heavy atom. The molecular weight excluding hydrogens is 282 g/mol. The van der Waals surface area contributed by atoms with E-state index in [9.17, 15) is 4.79 Å². The lowest BCUT2D eigenvalue weighted by Crippen LogP contribution is -2.40. The number of carbonyl (C=O) groups is 1. The molecule has 1 aliphatic carbocycles. The molecule has 1 amide bonds. The number of rotatable bonds is 3. The van der Waals surface area contributed by atoms with Gasteiger partial charge in [0.2, 0.25) is 11.8 Å². The minimum absolute atomic E-state index is 0.206. The number of nitrogens with zero attached hydrogens (tertiary/aromatic N) is 3. The Bertz CT molecular complexity index is 534. The van der Waals surface area contributed by atoms with Gasteiger partial charge < -0.3 is 14.2 Å². The van der Waals surface area contributed by atoms with Crippen molar-refractivity contribution >= 4 is 5.91 Å². The highest BCUT2D eigenvalue weighted by Crippen LogP contribution is 2.34. The largest absolute Gasteiger partial charge is 0.381 e. The molecule has 0 aromatic carbocycles. The van der Waals surface area contributed by atoms with Crippen LogP contribution < -0.4 is 0 Å². The van der Waals surface area contributed by atoms with E-state index in [0.717, 1.165) is 76.5 Å². The number of carbonyl (C=O) groups excluding carboxylic acids is 1. The van der Waals surface area contributed by atoms with E-state index in [0.29, 0.717) is 17.7 Å². The van der Waals surface area contributed by atoms with E-state index in [1.54, 1.807) is 0 Å². The van der Waals surface area contributed by atoms with Gasteiger partial charge in [0.15, 0.2) is 5.82 Å². The molecule has 4 rings (SSSR count). The summed E-state index contributed by atoms with van der Waals surface area (Å²) in [4.78, 5) is 18.9. The maximum atomic E-state index is 12.2. The summed E-state index contributed by atoms with van der Waals surface area (Å²) < 4.78 is 10.9. The van der Waals surface area contributed by atoms with Crippen LogP contribution in [-0.4, -0.2) is 47.3 Å². The van der Waals surface area contributed by atoms with Gasteiger partial charge in [-0.1, -0.05) is 5.16 Å². The van der Waals surface area contributed by atoms with E-state index in [-0.39, 0.29) is 5.92 Å². The molecule has 3 fully saturated rings. The Hall–Kier alpha value is -1.43. The molecule has 6 heteroatoms. The van der Waals surface area contributed by atoms with Crippen molar-refractivity contribution in [3.63, 3.8) is 0 Å². The highest BCUT2D eigenvalue weighted by molar-refractivity contribution is 5.81. The first-order valence-corrected chi connectivity index (χ1v) is 8.51. The van der Waals surface area contributed by atoms with Gasteiger partial charge in [-0.3, -0.25) is 4.79 Å². The predicted molar refractivity (Wildman–Crippen MR) is 78.4 cm³/mol. The summed E-state index contributed by atoms with van der Waals surface area (Å²) in [6, 6.07) is 0. The minimum atomic E-state index is 0.206. The monoisotopic (exact) mass is 305 g/mol. The number of likely N-dealkylation sites (tertiary alicyclic amines) is 1. The number of aromatic nitrogens is 2. The zero-order valence-corrected chi connectivity index (χ0v) is 12.9. The maximum Gasteiger partial charge on any atom is 0.231 e. The van der Waals surface area contributed by atoms with Crippen LogP contribution in [0.15, 0.2) is 4.52 Å². The highest BCUT2D eigenvalue weighted by Gasteiger charge is 2.37. The smallest absolute Gasteiger partial charge is 0.231 e. The summed E-state index contributed by atoms with van der Waals surface area (Å²) in [7, 11) is 0. The average Bonchev–Trinajstić information content (AvgIpc) is 3.31. The number of ether oxygens (including phenoxy) is 1. The second-order valence-electron chi connectivity index (χ2n) is 6.78. The van der Waals surface area contributed by atoms with Crippen molar-refractivity contribution in [2.45, 2.75) is 50.4 Å². The van der Waals surface area contributed by atoms with Crippen molar-refractivity contribution < 1.29 is 14.1 Å². The lowest BCUT2D eigenvalue weighted by atomic mass is 9.97. The third-order valence-corrected chi connectivity index (χ3v) is 5.05. The Kier molecular flexibility index (Phi) is 3.86. The van der Waals surface area contributed by atoms with Crippen molar-refractivity contribution in [2.24, 2.45) is 5.92 Å². The lowest BCUT2D eigenvalue weighted by molar-refractivity contribution is -0.133. The van der Waals surface area contributed by atoms with Gasteiger partial charge in [0, 0.05) is 38.1 Å². The van der Waals surface area contributed by atoms with E-state index in [2.05, 4.69) is 10.1 Å². The molecule has 0 spiro atoms. The van der Waals surface area contributed by atoms with Crippen molar-refractivity contribution in [3.05, 3.63) is 11.7 Å². The Morgan fingerprint density at radius 3 is 2.68 bits per heavy atom. The summed E-state index contributed by atoms with van der Waals surface area (Å²) in [5.74, 6) is 2.73. The quantitative estimate of drug-likeness (QED) is 0.855. The minimum Gasteiger partial charge on any atom is -0.381 e. The molecule has 0 radical (unpaired) electrons. The number of hydrogen-bond donors (Lipinski definition) is 0. The van der Waals surface area contributed by atoms with Crippen molar-refractivity contribution in [3.8, 4) is 0 Å². The first-order chi connectivity index (χ1) is 10.8. The van der Waals surface area contributed by atoms with Crippen LogP contribution in [0.2, 0.25) is 0 Å². The van der Waals surface area contributed by atoms with Gasteiger partial charge in [0.1, 0.15) is 0 Å². The topological polar surface area (TPSA) is 68.5 Å². The van der Waals surface area contributed by atoms with Crippen LogP contribution in [0.25, 0.3) is 0 Å². The third kappa shape index (κ3) is 2.89. The first kappa shape index (κ1) is 14.2. The second-order valence-corrected chi connectivity index (χ2v) is 6.78. The zero-order chi connectivity index (χ0) is 14.9. The van der Waals surface area contributed by atoms with Gasteiger partial charge in [0.05, 0.1) is 5.92 Å². The molecule has 1 aromatic heterocycles. The van der Waals surface area contributed by atoms with Gasteiger partial charge in [-0.2, -0.15) is 4.98 Å². The molecule has 6 nitrogen and oxygen atoms in total. The normalized spacial score (nSPS) is 27.1. The summed E-state index contributed by atoms with van der Waals surface area (Å²) >= 11 is 0. The summed E-state index contributed by atoms with van der Waals surface area (Å²) in [5, 5.41) is 4.19. The molecule has 1 atom stereocenters. The molecule has 2 saturated heterocycles. The van der Waals surface area contributed by atoms with Gasteiger partial charge >= 0.3 is 0 Å². The molecule has 1 saturated carbocycles. The molecule has 3 aliphatic rings. The van der Waals surface area contributed by atoms with Crippen LogP contribution in [-0.2, 0) is 9.53 Å². The van der Waals surface area contributed by atoms with Crippen LogP contribution in [0.5, 0.6) is 0 Å².